The van der Waals surface area contributed by atoms with Crippen molar-refractivity contribution in [3.8, 4) is 5.75 Å². The first-order valence-corrected chi connectivity index (χ1v) is 12.0. The van der Waals surface area contributed by atoms with Crippen LogP contribution in [0.5, 0.6) is 5.75 Å². The number of piperazine rings is 1. The molecule has 0 radical (unpaired) electrons. The van der Waals surface area contributed by atoms with Crippen LogP contribution in [0.25, 0.3) is 10.9 Å². The quantitative estimate of drug-likeness (QED) is 0.417. The number of nitrogens with one attached hydrogen (secondary N) is 3. The Labute approximate surface area is 199 Å². The summed E-state index contributed by atoms with van der Waals surface area (Å²) in [6.07, 6.45) is 0.992. The van der Waals surface area contributed by atoms with Crippen LogP contribution in [-0.2, 0) is 26.2 Å². The van der Waals surface area contributed by atoms with E-state index in [0.29, 0.717) is 15.9 Å². The van der Waals surface area contributed by atoms with Gasteiger partial charge in [-0.1, -0.05) is 11.6 Å². The molecule has 11 nitrogen and oxygen atoms in total. The zero-order valence-electron chi connectivity index (χ0n) is 18.0. The zero-order chi connectivity index (χ0) is 24.5. The van der Waals surface area contributed by atoms with Crippen LogP contribution in [0.1, 0.15) is 12.7 Å². The summed E-state index contributed by atoms with van der Waals surface area (Å²) in [5.41, 5.74) is 0.0620. The fraction of sp³-hybridized carbons (Fsp3) is 0.286. The van der Waals surface area contributed by atoms with E-state index in [1.807, 2.05) is 0 Å². The maximum absolute atomic E-state index is 13.2. The summed E-state index contributed by atoms with van der Waals surface area (Å²) in [6, 6.07) is 6.82. The van der Waals surface area contributed by atoms with Gasteiger partial charge >= 0.3 is 5.97 Å². The molecule has 3 aromatic rings. The summed E-state index contributed by atoms with van der Waals surface area (Å²) in [5.74, 6) is -1.23. The van der Waals surface area contributed by atoms with Crippen LogP contribution in [0, 0.1) is 0 Å². The molecule has 0 saturated carbocycles. The highest BCUT2D eigenvalue weighted by atomic mass is 35.5. The summed E-state index contributed by atoms with van der Waals surface area (Å²) in [6.45, 7) is 1.42. The van der Waals surface area contributed by atoms with Gasteiger partial charge in [0.2, 0.25) is 17.1 Å². The Balaban J connectivity index is 1.41. The molecule has 1 atom stereocenters. The Hall–Kier alpha value is -3.19. The van der Waals surface area contributed by atoms with Crippen LogP contribution in [0.3, 0.4) is 0 Å². The molecule has 1 aromatic carbocycles. The highest BCUT2D eigenvalue weighted by Crippen LogP contribution is 2.24. The summed E-state index contributed by atoms with van der Waals surface area (Å²) in [4.78, 5) is 38.5. The number of hydrogen-bond acceptors (Lipinski definition) is 8. The highest BCUT2D eigenvalue weighted by Gasteiger charge is 2.34. The van der Waals surface area contributed by atoms with E-state index in [1.165, 1.54) is 10.4 Å². The van der Waals surface area contributed by atoms with E-state index in [-0.39, 0.29) is 42.7 Å². The van der Waals surface area contributed by atoms with Gasteiger partial charge in [0.1, 0.15) is 23.1 Å². The molecule has 0 spiro atoms. The molecule has 1 unspecified atom stereocenters. The Kier molecular flexibility index (Phi) is 6.75. The monoisotopic (exact) mass is 508 g/mol. The van der Waals surface area contributed by atoms with Gasteiger partial charge in [-0.2, -0.15) is 4.31 Å². The van der Waals surface area contributed by atoms with Crippen molar-refractivity contribution in [3.05, 3.63) is 57.6 Å². The molecule has 0 aliphatic carbocycles. The van der Waals surface area contributed by atoms with E-state index in [9.17, 15) is 22.8 Å². The van der Waals surface area contributed by atoms with Gasteiger partial charge in [-0.3, -0.25) is 14.4 Å². The average Bonchev–Trinajstić information content (AvgIpc) is 3.23. The van der Waals surface area contributed by atoms with Crippen molar-refractivity contribution in [1.29, 1.82) is 0 Å². The van der Waals surface area contributed by atoms with E-state index in [4.69, 9.17) is 20.8 Å². The van der Waals surface area contributed by atoms with E-state index in [1.54, 1.807) is 18.2 Å². The molecule has 1 aliphatic rings. The van der Waals surface area contributed by atoms with E-state index in [0.717, 1.165) is 19.3 Å². The predicted octanol–water partition coefficient (Wildman–Crippen LogP) is 0.979. The van der Waals surface area contributed by atoms with Gasteiger partial charge in [-0.25, -0.2) is 8.42 Å². The second-order valence-corrected chi connectivity index (χ2v) is 9.96. The van der Waals surface area contributed by atoms with Crippen LogP contribution >= 0.6 is 11.6 Å². The number of rotatable bonds is 6. The zero-order valence-corrected chi connectivity index (χ0v) is 19.5. The lowest BCUT2D eigenvalue weighted by Gasteiger charge is -2.31. The molecule has 3 N–H and O–H groups in total. The van der Waals surface area contributed by atoms with Gasteiger partial charge in [0.25, 0.3) is 10.0 Å². The molecule has 13 heteroatoms. The predicted molar refractivity (Wildman–Crippen MR) is 122 cm³/mol. The molecule has 1 fully saturated rings. The molecule has 1 amide bonds. The first kappa shape index (κ1) is 24.0. The fourth-order valence-corrected chi connectivity index (χ4v) is 5.18. The van der Waals surface area contributed by atoms with Gasteiger partial charge in [0.15, 0.2) is 0 Å². The molecule has 1 saturated heterocycles. The number of halogens is 1. The van der Waals surface area contributed by atoms with Gasteiger partial charge in [0, 0.05) is 48.5 Å². The highest BCUT2D eigenvalue weighted by molar-refractivity contribution is 7.89. The Morgan fingerprint density at radius 2 is 2.09 bits per heavy atom. The number of benzene rings is 1. The smallest absolute Gasteiger partial charge is 0.308 e. The van der Waals surface area contributed by atoms with Crippen molar-refractivity contribution in [2.45, 2.75) is 24.5 Å². The van der Waals surface area contributed by atoms with E-state index >= 15 is 0 Å². The standard InChI is InChI=1S/C21H21ClN4O7S/c1-12(27)33-19-11-32-15(8-18(19)28)9-24-21(29)17-10-26(5-4-23-17)34(30,31)20-7-13-6-14(22)2-3-16(13)25-20/h2-3,6-8,11,17,23,25H,4-5,9-10H2,1H3,(H,24,29). The third-order valence-electron chi connectivity index (χ3n) is 5.17. The third kappa shape index (κ3) is 5.14. The van der Waals surface area contributed by atoms with Crippen molar-refractivity contribution in [2.24, 2.45) is 0 Å². The Morgan fingerprint density at radius 3 is 2.82 bits per heavy atom. The van der Waals surface area contributed by atoms with Crippen molar-refractivity contribution in [2.75, 3.05) is 19.6 Å². The summed E-state index contributed by atoms with van der Waals surface area (Å²) in [7, 11) is -3.88. The van der Waals surface area contributed by atoms with Gasteiger partial charge in [0.05, 0.1) is 6.54 Å². The molecule has 4 rings (SSSR count). The largest absolute Gasteiger partial charge is 0.463 e. The first-order valence-electron chi connectivity index (χ1n) is 10.2. The number of amides is 1. The molecule has 1 aliphatic heterocycles. The molecule has 3 heterocycles. The molecule has 0 bridgehead atoms. The third-order valence-corrected chi connectivity index (χ3v) is 7.20. The normalized spacial score (nSPS) is 16.9. The number of H-pyrrole nitrogens is 1. The summed E-state index contributed by atoms with van der Waals surface area (Å²) >= 11 is 5.98. The second-order valence-electron chi connectivity index (χ2n) is 7.62. The van der Waals surface area contributed by atoms with Gasteiger partial charge < -0.3 is 24.8 Å². The lowest BCUT2D eigenvalue weighted by atomic mass is 10.2. The number of sulfonamides is 1. The Bertz CT molecular complexity index is 1420. The molecular weight excluding hydrogens is 488 g/mol. The van der Waals surface area contributed by atoms with E-state index < -0.39 is 33.4 Å². The number of ether oxygens (including phenoxy) is 1. The van der Waals surface area contributed by atoms with Crippen LogP contribution in [0.4, 0.5) is 0 Å². The maximum Gasteiger partial charge on any atom is 0.308 e. The number of aromatic nitrogens is 1. The molecular formula is C21H21ClN4O7S. The van der Waals surface area contributed by atoms with Crippen molar-refractivity contribution >= 4 is 44.4 Å². The first-order chi connectivity index (χ1) is 16.1. The minimum atomic E-state index is -3.88. The SMILES string of the molecule is CC(=O)Oc1coc(CNC(=O)C2CN(S(=O)(=O)c3cc4cc(Cl)ccc4[nH]3)CCN2)cc1=O. The lowest BCUT2D eigenvalue weighted by Crippen LogP contribution is -2.58. The van der Waals surface area contributed by atoms with Gasteiger partial charge in [-0.15, -0.1) is 0 Å². The van der Waals surface area contributed by atoms with Crippen LogP contribution < -0.4 is 20.8 Å². The number of fused-ring (bicyclic) bond motifs is 1. The average molecular weight is 509 g/mol. The number of nitrogens with zero attached hydrogens (tertiary/aromatic N) is 1. The summed E-state index contributed by atoms with van der Waals surface area (Å²) < 4.78 is 37.5. The van der Waals surface area contributed by atoms with Crippen molar-refractivity contribution in [1.82, 2.24) is 19.9 Å². The molecule has 2 aromatic heterocycles. The number of carbonyl (C=O) groups is 2. The number of esters is 1. The molecule has 34 heavy (non-hydrogen) atoms. The molecule has 180 valence electrons. The number of hydrogen-bond donors (Lipinski definition) is 3. The second kappa shape index (κ2) is 9.58. The number of carbonyl (C=O) groups excluding carboxylic acids is 2. The van der Waals surface area contributed by atoms with Gasteiger partial charge in [-0.05, 0) is 24.3 Å². The van der Waals surface area contributed by atoms with Crippen molar-refractivity contribution in [3.63, 3.8) is 0 Å². The topological polar surface area (TPSA) is 151 Å². The van der Waals surface area contributed by atoms with Crippen LogP contribution in [0.2, 0.25) is 5.02 Å². The van der Waals surface area contributed by atoms with Crippen LogP contribution in [-0.4, -0.2) is 55.3 Å². The minimum Gasteiger partial charge on any atom is -0.463 e. The van der Waals surface area contributed by atoms with Crippen molar-refractivity contribution < 1.29 is 27.2 Å². The van der Waals surface area contributed by atoms with E-state index in [2.05, 4.69) is 15.6 Å². The van der Waals surface area contributed by atoms with Crippen LogP contribution in [0.15, 0.2) is 50.8 Å². The Morgan fingerprint density at radius 1 is 1.29 bits per heavy atom. The maximum atomic E-state index is 13.2. The fourth-order valence-electron chi connectivity index (χ4n) is 3.53. The number of aromatic amines is 1. The minimum absolute atomic E-state index is 0.0143. The summed E-state index contributed by atoms with van der Waals surface area (Å²) in [5, 5.41) is 6.77. The lowest BCUT2D eigenvalue weighted by molar-refractivity contribution is -0.132.